The molecule has 0 heterocycles. The summed E-state index contributed by atoms with van der Waals surface area (Å²) in [4.78, 5) is 11.9. The fraction of sp³-hybridized carbons (Fsp3) is 0.133. The van der Waals surface area contributed by atoms with Crippen LogP contribution in [0.2, 0.25) is 0 Å². The predicted octanol–water partition coefficient (Wildman–Crippen LogP) is 3.53. The van der Waals surface area contributed by atoms with Crippen molar-refractivity contribution in [2.45, 2.75) is 6.92 Å². The van der Waals surface area contributed by atoms with Crippen LogP contribution in [0.15, 0.2) is 36.4 Å². The number of carbonyl (C=O) groups excluding carboxylic acids is 1. The lowest BCUT2D eigenvalue weighted by Crippen LogP contribution is -2.16. The molecule has 20 heavy (non-hydrogen) atoms. The van der Waals surface area contributed by atoms with Gasteiger partial charge in [-0.25, -0.2) is 8.78 Å². The molecular weight excluding hydrogens is 264 g/mol. The molecule has 2 aromatic carbocycles. The summed E-state index contributed by atoms with van der Waals surface area (Å²) in [5.41, 5.74) is 0.607. The van der Waals surface area contributed by atoms with E-state index in [2.05, 4.69) is 5.32 Å². The van der Waals surface area contributed by atoms with Crippen LogP contribution in [0, 0.1) is 18.6 Å². The summed E-state index contributed by atoms with van der Waals surface area (Å²) in [7, 11) is 1.53. The van der Waals surface area contributed by atoms with Crippen molar-refractivity contribution in [1.82, 2.24) is 0 Å². The lowest BCUT2D eigenvalue weighted by Gasteiger charge is -2.10. The van der Waals surface area contributed by atoms with Crippen molar-refractivity contribution in [3.63, 3.8) is 0 Å². The molecule has 1 amide bonds. The van der Waals surface area contributed by atoms with Gasteiger partial charge in [0.1, 0.15) is 22.9 Å². The number of hydrogen-bond donors (Lipinski definition) is 1. The van der Waals surface area contributed by atoms with E-state index in [4.69, 9.17) is 4.74 Å². The van der Waals surface area contributed by atoms with Crippen LogP contribution in [0.1, 0.15) is 15.9 Å². The molecule has 2 rings (SSSR count). The van der Waals surface area contributed by atoms with Crippen molar-refractivity contribution in [2.75, 3.05) is 12.4 Å². The first-order chi connectivity index (χ1) is 9.52. The summed E-state index contributed by atoms with van der Waals surface area (Å²) in [6, 6.07) is 8.27. The molecule has 0 unspecified atom stereocenters. The molecule has 0 bridgehead atoms. The van der Waals surface area contributed by atoms with Crippen LogP contribution in [0.5, 0.6) is 5.75 Å². The minimum Gasteiger partial charge on any atom is -0.497 e. The monoisotopic (exact) mass is 277 g/mol. The lowest BCUT2D eigenvalue weighted by atomic mass is 10.1. The number of hydrogen-bond acceptors (Lipinski definition) is 2. The van der Waals surface area contributed by atoms with Gasteiger partial charge in [0, 0.05) is 5.69 Å². The lowest BCUT2D eigenvalue weighted by molar-refractivity contribution is 0.101. The number of methoxy groups -OCH3 is 1. The van der Waals surface area contributed by atoms with Gasteiger partial charge < -0.3 is 10.1 Å². The van der Waals surface area contributed by atoms with E-state index in [0.29, 0.717) is 11.4 Å². The van der Waals surface area contributed by atoms with Crippen molar-refractivity contribution in [3.8, 4) is 5.75 Å². The highest BCUT2D eigenvalue weighted by Gasteiger charge is 2.17. The van der Waals surface area contributed by atoms with Crippen molar-refractivity contribution in [2.24, 2.45) is 0 Å². The fourth-order valence-electron chi connectivity index (χ4n) is 1.80. The minimum atomic E-state index is -0.895. The Hall–Kier alpha value is -2.43. The van der Waals surface area contributed by atoms with Crippen molar-refractivity contribution in [1.29, 1.82) is 0 Å². The second-order valence-corrected chi connectivity index (χ2v) is 4.23. The molecule has 1 N–H and O–H groups in total. The highest BCUT2D eigenvalue weighted by Crippen LogP contribution is 2.22. The standard InChI is InChI=1S/C15H13F2NO2/c1-9-8-10(20-2)6-7-13(9)18-15(19)14-11(16)4-3-5-12(14)17/h3-8H,1-2H3,(H,18,19). The molecule has 0 aromatic heterocycles. The number of rotatable bonds is 3. The third kappa shape index (κ3) is 2.77. The van der Waals surface area contributed by atoms with Gasteiger partial charge in [-0.3, -0.25) is 4.79 Å². The van der Waals surface area contributed by atoms with Crippen molar-refractivity contribution < 1.29 is 18.3 Å². The first kappa shape index (κ1) is 14.0. The van der Waals surface area contributed by atoms with E-state index in [0.717, 1.165) is 17.7 Å². The van der Waals surface area contributed by atoms with E-state index >= 15 is 0 Å². The highest BCUT2D eigenvalue weighted by atomic mass is 19.1. The quantitative estimate of drug-likeness (QED) is 0.932. The maximum Gasteiger partial charge on any atom is 0.261 e. The van der Waals surface area contributed by atoms with Crippen molar-refractivity contribution >= 4 is 11.6 Å². The van der Waals surface area contributed by atoms with Crippen LogP contribution in [-0.4, -0.2) is 13.0 Å². The normalized spacial score (nSPS) is 10.2. The topological polar surface area (TPSA) is 38.3 Å². The maximum absolute atomic E-state index is 13.5. The minimum absolute atomic E-state index is 0.471. The average molecular weight is 277 g/mol. The Morgan fingerprint density at radius 2 is 1.80 bits per heavy atom. The second kappa shape index (κ2) is 5.69. The predicted molar refractivity (Wildman–Crippen MR) is 72.0 cm³/mol. The summed E-state index contributed by atoms with van der Waals surface area (Å²) in [6.07, 6.45) is 0. The highest BCUT2D eigenvalue weighted by molar-refractivity contribution is 6.05. The van der Waals surface area contributed by atoms with Gasteiger partial charge in [-0.2, -0.15) is 0 Å². The third-order valence-electron chi connectivity index (χ3n) is 2.87. The molecule has 0 atom stereocenters. The summed E-state index contributed by atoms with van der Waals surface area (Å²) in [5, 5.41) is 2.48. The number of amides is 1. The van der Waals surface area contributed by atoms with Gasteiger partial charge in [0.05, 0.1) is 7.11 Å². The third-order valence-corrected chi connectivity index (χ3v) is 2.87. The Labute approximate surface area is 115 Å². The first-order valence-corrected chi connectivity index (χ1v) is 5.93. The largest absolute Gasteiger partial charge is 0.497 e. The van der Waals surface area contributed by atoms with E-state index in [-0.39, 0.29) is 0 Å². The second-order valence-electron chi connectivity index (χ2n) is 4.23. The summed E-state index contributed by atoms with van der Waals surface area (Å²) < 4.78 is 32.0. The average Bonchev–Trinajstić information content (AvgIpc) is 2.41. The number of anilines is 1. The van der Waals surface area contributed by atoms with Crippen LogP contribution in [0.4, 0.5) is 14.5 Å². The van der Waals surface area contributed by atoms with E-state index in [1.807, 2.05) is 0 Å². The zero-order valence-electron chi connectivity index (χ0n) is 11.0. The van der Waals surface area contributed by atoms with Gasteiger partial charge in [-0.1, -0.05) is 6.07 Å². The van der Waals surface area contributed by atoms with Crippen LogP contribution in [-0.2, 0) is 0 Å². The van der Waals surface area contributed by atoms with E-state index in [1.165, 1.54) is 13.2 Å². The zero-order valence-corrected chi connectivity index (χ0v) is 11.0. The Morgan fingerprint density at radius 1 is 1.15 bits per heavy atom. The molecule has 0 saturated carbocycles. The van der Waals surface area contributed by atoms with Gasteiger partial charge in [0.25, 0.3) is 5.91 Å². The fourth-order valence-corrected chi connectivity index (χ4v) is 1.80. The van der Waals surface area contributed by atoms with Gasteiger partial charge in [-0.05, 0) is 42.8 Å². The molecule has 2 aromatic rings. The summed E-state index contributed by atoms with van der Waals surface area (Å²) in [5.74, 6) is -1.98. The molecule has 0 aliphatic heterocycles. The van der Waals surface area contributed by atoms with Crippen LogP contribution in [0.3, 0.4) is 0 Å². The van der Waals surface area contributed by atoms with Gasteiger partial charge >= 0.3 is 0 Å². The Balaban J connectivity index is 2.28. The summed E-state index contributed by atoms with van der Waals surface area (Å²) >= 11 is 0. The molecule has 0 saturated heterocycles. The molecule has 0 radical (unpaired) electrons. The number of aryl methyl sites for hydroxylation is 1. The van der Waals surface area contributed by atoms with Crippen LogP contribution in [0.25, 0.3) is 0 Å². The number of nitrogens with one attached hydrogen (secondary N) is 1. The number of ether oxygens (including phenoxy) is 1. The zero-order chi connectivity index (χ0) is 14.7. The maximum atomic E-state index is 13.5. The smallest absolute Gasteiger partial charge is 0.261 e. The van der Waals surface area contributed by atoms with Crippen LogP contribution < -0.4 is 10.1 Å². The number of benzene rings is 2. The Kier molecular flexibility index (Phi) is 3.98. The molecule has 3 nitrogen and oxygen atoms in total. The molecule has 0 spiro atoms. The van der Waals surface area contributed by atoms with E-state index in [1.54, 1.807) is 25.1 Å². The van der Waals surface area contributed by atoms with E-state index < -0.39 is 23.1 Å². The SMILES string of the molecule is COc1ccc(NC(=O)c2c(F)cccc2F)c(C)c1. The molecule has 0 fully saturated rings. The van der Waals surface area contributed by atoms with Gasteiger partial charge in [-0.15, -0.1) is 0 Å². The molecule has 104 valence electrons. The Morgan fingerprint density at radius 3 is 2.35 bits per heavy atom. The molecule has 0 aliphatic carbocycles. The Bertz CT molecular complexity index is 636. The molecule has 5 heteroatoms. The molecule has 0 aliphatic rings. The van der Waals surface area contributed by atoms with E-state index in [9.17, 15) is 13.6 Å². The molecular formula is C15H13F2NO2. The first-order valence-electron chi connectivity index (χ1n) is 5.93. The van der Waals surface area contributed by atoms with Gasteiger partial charge in [0.2, 0.25) is 0 Å². The number of halogens is 2. The number of carbonyl (C=O) groups is 1. The van der Waals surface area contributed by atoms with Gasteiger partial charge in [0.15, 0.2) is 0 Å². The van der Waals surface area contributed by atoms with Crippen molar-refractivity contribution in [3.05, 3.63) is 59.2 Å². The summed E-state index contributed by atoms with van der Waals surface area (Å²) in [6.45, 7) is 1.76. The van der Waals surface area contributed by atoms with Crippen LogP contribution >= 0.6 is 0 Å².